The van der Waals surface area contributed by atoms with Crippen molar-refractivity contribution in [2.45, 2.75) is 56.6 Å². The van der Waals surface area contributed by atoms with Crippen LogP contribution in [0.25, 0.3) is 11.0 Å². The molecule has 1 fully saturated rings. The Kier molecular flexibility index (Phi) is 8.04. The van der Waals surface area contributed by atoms with E-state index in [2.05, 4.69) is 21.2 Å². The van der Waals surface area contributed by atoms with Crippen LogP contribution < -0.4 is 5.32 Å². The molecule has 1 saturated carbocycles. The van der Waals surface area contributed by atoms with Gasteiger partial charge in [-0.3, -0.25) is 4.79 Å². The van der Waals surface area contributed by atoms with Gasteiger partial charge in [-0.1, -0.05) is 19.1 Å². The summed E-state index contributed by atoms with van der Waals surface area (Å²) in [4.78, 5) is 17.9. The molecule has 6 nitrogen and oxygen atoms in total. The van der Waals surface area contributed by atoms with Crippen molar-refractivity contribution in [3.8, 4) is 0 Å². The Labute approximate surface area is 222 Å². The van der Waals surface area contributed by atoms with E-state index in [-0.39, 0.29) is 41.9 Å². The van der Waals surface area contributed by atoms with Crippen LogP contribution in [0, 0.1) is 11.8 Å². The Morgan fingerprint density at radius 3 is 2.35 bits per heavy atom. The number of carbonyl (C=O) groups excluding carboxylic acids is 1. The Bertz CT molecular complexity index is 1390. The number of hydrogen-bond acceptors (Lipinski definition) is 4. The second kappa shape index (κ2) is 10.8. The third-order valence-corrected chi connectivity index (χ3v) is 9.78. The third kappa shape index (κ3) is 6.03. The summed E-state index contributed by atoms with van der Waals surface area (Å²) in [5.41, 5.74) is 2.63. The summed E-state index contributed by atoms with van der Waals surface area (Å²) < 4.78 is 65.4. The molecule has 0 unspecified atom stereocenters. The molecule has 2 aromatic carbocycles. The highest BCUT2D eigenvalue weighted by atomic mass is 79.9. The Hall–Kier alpha value is -2.40. The molecule has 0 atom stereocenters. The number of sulfone groups is 1. The maximum atomic E-state index is 13.0. The summed E-state index contributed by atoms with van der Waals surface area (Å²) in [6, 6.07) is 9.94. The maximum absolute atomic E-state index is 13.0. The van der Waals surface area contributed by atoms with Crippen LogP contribution in [0.15, 0.2) is 45.8 Å². The average molecular weight is 601 g/mol. The number of fused-ring (bicyclic) bond motifs is 1. The smallest absolute Gasteiger partial charge is 0.348 e. The average Bonchev–Trinajstić information content (AvgIpc) is 3.18. The summed E-state index contributed by atoms with van der Waals surface area (Å²) in [6.07, 6.45) is -2.18. The monoisotopic (exact) mass is 599 g/mol. The SMILES string of the molecule is CCS(=O)(=O)c1ccc(CNC(=O)c2ccc3c(nc(CC4CCC(C(F)(F)F)CC4)n3C)c2Br)cc1. The van der Waals surface area contributed by atoms with Crippen LogP contribution in [0.2, 0.25) is 0 Å². The lowest BCUT2D eigenvalue weighted by atomic mass is 9.80. The zero-order chi connectivity index (χ0) is 27.0. The summed E-state index contributed by atoms with van der Waals surface area (Å²) in [7, 11) is -1.41. The quantitative estimate of drug-likeness (QED) is 0.363. The standard InChI is InChI=1S/C26H29BrF3N3O3S/c1-3-37(35,36)19-10-6-17(7-11-19)15-31-25(34)20-12-13-21-24(23(20)27)32-22(33(21)2)14-16-4-8-18(9-5-16)26(28,29)30/h6-7,10-13,16,18H,3-5,8-9,14-15H2,1-2H3,(H,31,34). The first-order valence-corrected chi connectivity index (χ1v) is 14.7. The number of imidazole rings is 1. The van der Waals surface area contributed by atoms with Crippen LogP contribution in [-0.4, -0.2) is 35.8 Å². The highest BCUT2D eigenvalue weighted by molar-refractivity contribution is 9.10. The topological polar surface area (TPSA) is 81.1 Å². The fourth-order valence-corrected chi connectivity index (χ4v) is 6.33. The van der Waals surface area contributed by atoms with Gasteiger partial charge in [-0.2, -0.15) is 13.2 Å². The van der Waals surface area contributed by atoms with Crippen molar-refractivity contribution in [2.24, 2.45) is 18.9 Å². The van der Waals surface area contributed by atoms with Crippen molar-refractivity contribution in [3.05, 3.63) is 57.8 Å². The van der Waals surface area contributed by atoms with Gasteiger partial charge in [0.25, 0.3) is 5.91 Å². The van der Waals surface area contributed by atoms with Crippen LogP contribution in [0.1, 0.15) is 54.4 Å². The van der Waals surface area contributed by atoms with Gasteiger partial charge in [0.15, 0.2) is 9.84 Å². The van der Waals surface area contributed by atoms with E-state index in [0.29, 0.717) is 34.8 Å². The van der Waals surface area contributed by atoms with Gasteiger partial charge in [0, 0.05) is 20.0 Å². The minimum Gasteiger partial charge on any atom is -0.348 e. The van der Waals surface area contributed by atoms with Gasteiger partial charge in [0.1, 0.15) is 11.3 Å². The zero-order valence-electron chi connectivity index (χ0n) is 20.6. The van der Waals surface area contributed by atoms with E-state index < -0.39 is 21.9 Å². The van der Waals surface area contributed by atoms with Gasteiger partial charge in [-0.25, -0.2) is 13.4 Å². The summed E-state index contributed by atoms with van der Waals surface area (Å²) in [5, 5.41) is 2.85. The van der Waals surface area contributed by atoms with Crippen molar-refractivity contribution in [3.63, 3.8) is 0 Å². The molecule has 1 aromatic heterocycles. The molecule has 0 saturated heterocycles. The van der Waals surface area contributed by atoms with Crippen LogP contribution in [-0.2, 0) is 29.9 Å². The molecule has 1 heterocycles. The van der Waals surface area contributed by atoms with Gasteiger partial charge >= 0.3 is 6.18 Å². The minimum absolute atomic E-state index is 0.0218. The molecule has 0 spiro atoms. The molecule has 3 aromatic rings. The van der Waals surface area contributed by atoms with Crippen molar-refractivity contribution in [2.75, 3.05) is 5.75 Å². The van der Waals surface area contributed by atoms with Gasteiger partial charge in [-0.05, 0) is 77.4 Å². The number of nitrogens with one attached hydrogen (secondary N) is 1. The first-order valence-electron chi connectivity index (χ1n) is 12.2. The molecule has 11 heteroatoms. The highest BCUT2D eigenvalue weighted by Crippen LogP contribution is 2.40. The lowest BCUT2D eigenvalue weighted by Gasteiger charge is -2.29. The molecule has 0 aliphatic heterocycles. The van der Waals surface area contributed by atoms with E-state index in [1.165, 1.54) is 12.1 Å². The van der Waals surface area contributed by atoms with Crippen molar-refractivity contribution >= 4 is 42.7 Å². The van der Waals surface area contributed by atoms with Crippen LogP contribution in [0.5, 0.6) is 0 Å². The second-order valence-corrected chi connectivity index (χ2v) is 12.6. The van der Waals surface area contributed by atoms with E-state index in [4.69, 9.17) is 4.98 Å². The number of alkyl halides is 3. The van der Waals surface area contributed by atoms with Crippen molar-refractivity contribution in [1.29, 1.82) is 0 Å². The fraction of sp³-hybridized carbons (Fsp3) is 0.462. The van der Waals surface area contributed by atoms with Crippen LogP contribution >= 0.6 is 15.9 Å². The lowest BCUT2D eigenvalue weighted by molar-refractivity contribution is -0.183. The predicted octanol–water partition coefficient (Wildman–Crippen LogP) is 5.97. The molecule has 37 heavy (non-hydrogen) atoms. The number of nitrogens with zero attached hydrogens (tertiary/aromatic N) is 2. The van der Waals surface area contributed by atoms with E-state index in [0.717, 1.165) is 16.9 Å². The van der Waals surface area contributed by atoms with E-state index in [1.54, 1.807) is 25.1 Å². The minimum atomic E-state index is -4.12. The van der Waals surface area contributed by atoms with E-state index in [9.17, 15) is 26.4 Å². The zero-order valence-corrected chi connectivity index (χ0v) is 23.0. The van der Waals surface area contributed by atoms with E-state index >= 15 is 0 Å². The number of aromatic nitrogens is 2. The van der Waals surface area contributed by atoms with Crippen molar-refractivity contribution < 1.29 is 26.4 Å². The van der Waals surface area contributed by atoms with Gasteiger partial charge < -0.3 is 9.88 Å². The number of halogens is 4. The molecule has 4 rings (SSSR count). The normalized spacial score (nSPS) is 18.8. The number of hydrogen-bond donors (Lipinski definition) is 1. The molecule has 1 aliphatic rings. The number of aryl methyl sites for hydroxylation is 1. The van der Waals surface area contributed by atoms with Gasteiger partial charge in [0.05, 0.1) is 32.1 Å². The molecule has 200 valence electrons. The van der Waals surface area contributed by atoms with Crippen LogP contribution in [0.4, 0.5) is 13.2 Å². The van der Waals surface area contributed by atoms with Crippen LogP contribution in [0.3, 0.4) is 0 Å². The molecule has 1 N–H and O–H groups in total. The summed E-state index contributed by atoms with van der Waals surface area (Å²) in [5.74, 6) is -0.563. The van der Waals surface area contributed by atoms with E-state index in [1.807, 2.05) is 17.7 Å². The summed E-state index contributed by atoms with van der Waals surface area (Å²) >= 11 is 3.52. The molecule has 1 amide bonds. The molecular formula is C26H29BrF3N3O3S. The molecule has 0 bridgehead atoms. The number of carbonyl (C=O) groups is 1. The number of amides is 1. The largest absolute Gasteiger partial charge is 0.391 e. The Morgan fingerprint density at radius 2 is 1.76 bits per heavy atom. The highest BCUT2D eigenvalue weighted by Gasteiger charge is 2.41. The Morgan fingerprint density at radius 1 is 1.11 bits per heavy atom. The van der Waals surface area contributed by atoms with Gasteiger partial charge in [-0.15, -0.1) is 0 Å². The maximum Gasteiger partial charge on any atom is 0.391 e. The summed E-state index contributed by atoms with van der Waals surface area (Å²) in [6.45, 7) is 1.81. The first-order chi connectivity index (χ1) is 17.4. The molecule has 0 radical (unpaired) electrons. The fourth-order valence-electron chi connectivity index (χ4n) is 4.84. The number of benzene rings is 2. The lowest BCUT2D eigenvalue weighted by Crippen LogP contribution is -2.28. The third-order valence-electron chi connectivity index (χ3n) is 7.23. The van der Waals surface area contributed by atoms with Gasteiger partial charge in [0.2, 0.25) is 0 Å². The first kappa shape index (κ1) is 27.6. The number of rotatable bonds is 7. The van der Waals surface area contributed by atoms with Crippen molar-refractivity contribution in [1.82, 2.24) is 14.9 Å². The molecule has 1 aliphatic carbocycles. The molecular weight excluding hydrogens is 571 g/mol. The predicted molar refractivity (Wildman–Crippen MR) is 139 cm³/mol. The second-order valence-electron chi connectivity index (χ2n) is 9.58. The Balaban J connectivity index is 1.44.